The van der Waals surface area contributed by atoms with Crippen LogP contribution in [0.25, 0.3) is 0 Å². The zero-order chi connectivity index (χ0) is 19.1. The van der Waals surface area contributed by atoms with Gasteiger partial charge in [-0.3, -0.25) is 14.3 Å². The average molecular weight is 414 g/mol. The predicted molar refractivity (Wildman–Crippen MR) is 99.4 cm³/mol. The van der Waals surface area contributed by atoms with E-state index in [1.807, 2.05) is 0 Å². The summed E-state index contributed by atoms with van der Waals surface area (Å²) in [6, 6.07) is 6.92. The average Bonchev–Trinajstić information content (AvgIpc) is 2.93. The summed E-state index contributed by atoms with van der Waals surface area (Å²) in [5, 5.41) is 5.18. The molecule has 3 rings (SSSR count). The van der Waals surface area contributed by atoms with E-state index in [1.54, 1.807) is 0 Å². The zero-order valence-electron chi connectivity index (χ0n) is 13.4. The molecule has 7 nitrogen and oxygen atoms in total. The van der Waals surface area contributed by atoms with E-state index in [9.17, 15) is 18.0 Å². The molecule has 0 atom stereocenters. The number of carbonyl (C=O) groups excluding carboxylic acids is 2. The van der Waals surface area contributed by atoms with Crippen LogP contribution in [-0.4, -0.2) is 27.3 Å². The summed E-state index contributed by atoms with van der Waals surface area (Å²) < 4.78 is 27.8. The fraction of sp³-hybridized carbons (Fsp3) is 0.125. The molecule has 0 aliphatic carbocycles. The highest BCUT2D eigenvalue weighted by molar-refractivity contribution is 7.92. The molecule has 0 spiro atoms. The standard InChI is InChI=1S/C16H13Cl2N3O4S/c1-19-16(23)10-6-9(2-3-11(10)17)21-26(24,25)14-4-8-5-15(22)20-13(8)7-12(14)18/h2-4,6-7,21H,5H2,1H3,(H,19,23)(H,20,22). The molecule has 2 amide bonds. The van der Waals surface area contributed by atoms with E-state index in [-0.39, 0.29) is 38.5 Å². The first kappa shape index (κ1) is 18.5. The molecule has 2 aromatic carbocycles. The van der Waals surface area contributed by atoms with Crippen molar-refractivity contribution >= 4 is 56.4 Å². The molecule has 0 radical (unpaired) electrons. The minimum atomic E-state index is -4.04. The highest BCUT2D eigenvalue weighted by Crippen LogP contribution is 2.33. The predicted octanol–water partition coefficient (Wildman–Crippen LogP) is 2.65. The molecule has 0 saturated heterocycles. The number of amides is 2. The lowest BCUT2D eigenvalue weighted by atomic mass is 10.2. The summed E-state index contributed by atoms with van der Waals surface area (Å²) in [6.07, 6.45) is 0.0801. The Morgan fingerprint density at radius 1 is 1.15 bits per heavy atom. The Morgan fingerprint density at radius 3 is 2.58 bits per heavy atom. The summed E-state index contributed by atoms with van der Waals surface area (Å²) in [6.45, 7) is 0. The first-order chi connectivity index (χ1) is 12.2. The first-order valence-corrected chi connectivity index (χ1v) is 9.62. The summed E-state index contributed by atoms with van der Waals surface area (Å²) in [5.74, 6) is -0.678. The quantitative estimate of drug-likeness (QED) is 0.716. The topological polar surface area (TPSA) is 104 Å². The molecular weight excluding hydrogens is 401 g/mol. The Bertz CT molecular complexity index is 1040. The van der Waals surface area contributed by atoms with Crippen LogP contribution in [0, 0.1) is 0 Å². The van der Waals surface area contributed by atoms with Gasteiger partial charge < -0.3 is 10.6 Å². The van der Waals surface area contributed by atoms with Crippen molar-refractivity contribution in [3.63, 3.8) is 0 Å². The molecule has 10 heteroatoms. The minimum Gasteiger partial charge on any atom is -0.355 e. The number of rotatable bonds is 4. The van der Waals surface area contributed by atoms with E-state index in [1.165, 1.54) is 37.4 Å². The first-order valence-electron chi connectivity index (χ1n) is 7.38. The maximum absolute atomic E-state index is 12.7. The molecule has 1 aliphatic rings. The summed E-state index contributed by atoms with van der Waals surface area (Å²) >= 11 is 12.0. The highest BCUT2D eigenvalue weighted by atomic mass is 35.5. The van der Waals surface area contributed by atoms with Crippen molar-refractivity contribution in [3.8, 4) is 0 Å². The molecule has 1 heterocycles. The van der Waals surface area contributed by atoms with Gasteiger partial charge in [-0.2, -0.15) is 0 Å². The van der Waals surface area contributed by atoms with E-state index in [2.05, 4.69) is 15.4 Å². The number of nitrogens with one attached hydrogen (secondary N) is 3. The van der Waals surface area contributed by atoms with Crippen LogP contribution in [0.2, 0.25) is 10.0 Å². The third-order valence-corrected chi connectivity index (χ3v) is 5.94. The molecule has 0 unspecified atom stereocenters. The van der Waals surface area contributed by atoms with Gasteiger partial charge >= 0.3 is 0 Å². The van der Waals surface area contributed by atoms with E-state index in [4.69, 9.17) is 23.2 Å². The van der Waals surface area contributed by atoms with Crippen LogP contribution in [0.3, 0.4) is 0 Å². The van der Waals surface area contributed by atoms with E-state index in [0.717, 1.165) is 0 Å². The SMILES string of the molecule is CNC(=O)c1cc(NS(=O)(=O)c2cc3c(cc2Cl)NC(=O)C3)ccc1Cl. The third kappa shape index (κ3) is 3.48. The number of fused-ring (bicyclic) bond motifs is 1. The zero-order valence-corrected chi connectivity index (χ0v) is 15.7. The largest absolute Gasteiger partial charge is 0.355 e. The lowest BCUT2D eigenvalue weighted by Gasteiger charge is -2.12. The van der Waals surface area contributed by atoms with Gasteiger partial charge in [-0.25, -0.2) is 8.42 Å². The number of anilines is 2. The normalized spacial score (nSPS) is 13.1. The molecule has 136 valence electrons. The Labute approximate surface area is 159 Å². The second-order valence-electron chi connectivity index (χ2n) is 5.54. The van der Waals surface area contributed by atoms with Crippen LogP contribution in [-0.2, 0) is 21.2 Å². The number of benzene rings is 2. The van der Waals surface area contributed by atoms with Gasteiger partial charge in [0.2, 0.25) is 5.91 Å². The molecule has 0 fully saturated rings. The summed E-state index contributed by atoms with van der Waals surface area (Å²) in [7, 11) is -2.60. The van der Waals surface area contributed by atoms with Crippen molar-refractivity contribution < 1.29 is 18.0 Å². The molecule has 0 saturated carbocycles. The number of halogens is 2. The number of hydrogen-bond acceptors (Lipinski definition) is 4. The van der Waals surface area contributed by atoms with Gasteiger partial charge in [0.05, 0.1) is 22.0 Å². The fourth-order valence-electron chi connectivity index (χ4n) is 2.54. The van der Waals surface area contributed by atoms with Crippen molar-refractivity contribution in [2.45, 2.75) is 11.3 Å². The molecule has 1 aliphatic heterocycles. The molecular formula is C16H13Cl2N3O4S. The second kappa shape index (κ2) is 6.79. The highest BCUT2D eigenvalue weighted by Gasteiger charge is 2.25. The third-order valence-electron chi connectivity index (χ3n) is 3.76. The lowest BCUT2D eigenvalue weighted by molar-refractivity contribution is -0.115. The van der Waals surface area contributed by atoms with Crippen LogP contribution >= 0.6 is 23.2 Å². The molecule has 3 N–H and O–H groups in total. The van der Waals surface area contributed by atoms with E-state index < -0.39 is 15.9 Å². The van der Waals surface area contributed by atoms with E-state index >= 15 is 0 Å². The minimum absolute atomic E-state index is 0.0288. The van der Waals surface area contributed by atoms with E-state index in [0.29, 0.717) is 11.3 Å². The van der Waals surface area contributed by atoms with Crippen LogP contribution in [0.15, 0.2) is 35.2 Å². The Kier molecular flexibility index (Phi) is 4.83. The summed E-state index contributed by atoms with van der Waals surface area (Å²) in [5.41, 5.74) is 1.32. The Hall–Kier alpha value is -2.29. The van der Waals surface area contributed by atoms with Gasteiger partial charge in [0.15, 0.2) is 0 Å². The van der Waals surface area contributed by atoms with Gasteiger partial charge in [-0.05, 0) is 35.9 Å². The van der Waals surface area contributed by atoms with Gasteiger partial charge in [-0.15, -0.1) is 0 Å². The fourth-order valence-corrected chi connectivity index (χ4v) is 4.37. The molecule has 26 heavy (non-hydrogen) atoms. The van der Waals surface area contributed by atoms with Crippen LogP contribution in [0.4, 0.5) is 11.4 Å². The number of carbonyl (C=O) groups is 2. The van der Waals surface area contributed by atoms with Crippen molar-refractivity contribution in [1.29, 1.82) is 0 Å². The van der Waals surface area contributed by atoms with Gasteiger partial charge in [0, 0.05) is 18.4 Å². The maximum atomic E-state index is 12.7. The molecule has 2 aromatic rings. The van der Waals surface area contributed by atoms with Crippen LogP contribution < -0.4 is 15.4 Å². The summed E-state index contributed by atoms with van der Waals surface area (Å²) in [4.78, 5) is 23.1. The molecule has 0 aromatic heterocycles. The van der Waals surface area contributed by atoms with Crippen LogP contribution in [0.1, 0.15) is 15.9 Å². The molecule has 0 bridgehead atoms. The number of sulfonamides is 1. The van der Waals surface area contributed by atoms with Gasteiger partial charge in [-0.1, -0.05) is 23.2 Å². The second-order valence-corrected chi connectivity index (χ2v) is 8.01. The lowest BCUT2D eigenvalue weighted by Crippen LogP contribution is -2.19. The van der Waals surface area contributed by atoms with Crippen molar-refractivity contribution in [3.05, 3.63) is 51.5 Å². The van der Waals surface area contributed by atoms with Gasteiger partial charge in [0.1, 0.15) is 4.90 Å². The van der Waals surface area contributed by atoms with Crippen LogP contribution in [0.5, 0.6) is 0 Å². The monoisotopic (exact) mass is 413 g/mol. The smallest absolute Gasteiger partial charge is 0.263 e. The maximum Gasteiger partial charge on any atom is 0.263 e. The Morgan fingerprint density at radius 2 is 1.88 bits per heavy atom. The van der Waals surface area contributed by atoms with Crippen molar-refractivity contribution in [2.24, 2.45) is 0 Å². The number of hydrogen-bond donors (Lipinski definition) is 3. The van der Waals surface area contributed by atoms with Crippen molar-refractivity contribution in [1.82, 2.24) is 5.32 Å². The van der Waals surface area contributed by atoms with Gasteiger partial charge in [0.25, 0.3) is 15.9 Å². The Balaban J connectivity index is 1.97. The van der Waals surface area contributed by atoms with Crippen molar-refractivity contribution in [2.75, 3.05) is 17.1 Å².